The van der Waals surface area contributed by atoms with Gasteiger partial charge in [-0.15, -0.1) is 0 Å². The summed E-state index contributed by atoms with van der Waals surface area (Å²) >= 11 is 0. The highest BCUT2D eigenvalue weighted by molar-refractivity contribution is 6.03. The first-order chi connectivity index (χ1) is 34.7. The van der Waals surface area contributed by atoms with Crippen molar-refractivity contribution in [2.45, 2.75) is 83.8 Å². The Morgan fingerprint density at radius 2 is 1.34 bits per heavy atom. The lowest BCUT2D eigenvalue weighted by Gasteiger charge is -2.35. The molecule has 2 amide bonds. The Morgan fingerprint density at radius 3 is 2.06 bits per heavy atom. The zero-order valence-corrected chi connectivity index (χ0v) is 41.3. The van der Waals surface area contributed by atoms with Crippen molar-refractivity contribution in [3.63, 3.8) is 0 Å². The maximum atomic E-state index is 14.2. The van der Waals surface area contributed by atoms with Crippen molar-refractivity contribution in [1.29, 1.82) is 0 Å². The first kappa shape index (κ1) is 49.2. The molecule has 14 nitrogen and oxygen atoms in total. The highest BCUT2D eigenvalue weighted by Crippen LogP contribution is 2.39. The number of methoxy groups -OCH3 is 3. The number of ether oxygens (including phenoxy) is 7. The van der Waals surface area contributed by atoms with Gasteiger partial charge in [0, 0.05) is 69.3 Å². The van der Waals surface area contributed by atoms with Crippen LogP contribution >= 0.6 is 0 Å². The minimum Gasteiger partial charge on any atom is -0.493 e. The van der Waals surface area contributed by atoms with Gasteiger partial charge >= 0.3 is 5.97 Å². The van der Waals surface area contributed by atoms with E-state index in [4.69, 9.17) is 38.2 Å². The quantitative estimate of drug-likeness (QED) is 0.0518. The molecule has 4 aliphatic heterocycles. The molecule has 0 N–H and O–H groups in total. The molecule has 0 saturated heterocycles. The summed E-state index contributed by atoms with van der Waals surface area (Å²) in [5.74, 6) is 1.36. The third-order valence-electron chi connectivity index (χ3n) is 14.0. The van der Waals surface area contributed by atoms with Crippen molar-refractivity contribution >= 4 is 35.4 Å². The molecule has 71 heavy (non-hydrogen) atoms. The Labute approximate surface area is 416 Å². The molecule has 0 fully saturated rings. The fraction of sp³-hybridized carbons (Fsp3) is 0.404. The molecule has 5 aromatic carbocycles. The van der Waals surface area contributed by atoms with E-state index in [2.05, 4.69) is 53.4 Å². The molecule has 0 aliphatic carbocycles. The second kappa shape index (κ2) is 23.0. The summed E-state index contributed by atoms with van der Waals surface area (Å²) in [5, 5.41) is 0. The van der Waals surface area contributed by atoms with Crippen molar-refractivity contribution in [2.75, 3.05) is 72.4 Å². The first-order valence-corrected chi connectivity index (χ1v) is 24.7. The molecular formula is C57H64N4O10. The molecule has 0 unspecified atom stereocenters. The maximum absolute atomic E-state index is 14.2. The smallest absolute Gasteiger partial charge is 0.305 e. The van der Waals surface area contributed by atoms with Gasteiger partial charge in [0.05, 0.1) is 64.5 Å². The first-order valence-electron chi connectivity index (χ1n) is 24.7. The van der Waals surface area contributed by atoms with Crippen LogP contribution in [0.1, 0.15) is 84.5 Å². The van der Waals surface area contributed by atoms with E-state index in [0.29, 0.717) is 106 Å². The van der Waals surface area contributed by atoms with E-state index in [1.807, 2.05) is 65.4 Å². The topological polar surface area (TPSA) is 138 Å². The lowest BCUT2D eigenvalue weighted by atomic mass is 9.92. The molecular weight excluding hydrogens is 901 g/mol. The minimum absolute atomic E-state index is 0.0129. The van der Waals surface area contributed by atoms with Gasteiger partial charge < -0.3 is 47.9 Å². The average Bonchev–Trinajstić information content (AvgIpc) is 3.60. The van der Waals surface area contributed by atoms with Gasteiger partial charge in [0.15, 0.2) is 11.5 Å². The average molecular weight is 965 g/mol. The zero-order valence-electron chi connectivity index (χ0n) is 41.3. The molecule has 0 radical (unpaired) electrons. The number of aryl methyl sites for hydroxylation is 2. The molecule has 0 bridgehead atoms. The van der Waals surface area contributed by atoms with Crippen LogP contribution in [0.4, 0.5) is 11.4 Å². The van der Waals surface area contributed by atoms with Crippen LogP contribution < -0.4 is 19.1 Å². The SMILES string of the molecule is COCCOCCOCCN(CCCC(=O)OC)c1cc(COc2cc3c(cc2C)C(=O)N2Cc4ccccc4C[C@H]2C=N3)cc(COc2cc3c(cc2OC)C(=O)N2Cc4ccccc4C[C@H]2CC3)c1. The number of fused-ring (bicyclic) bond motifs is 6. The summed E-state index contributed by atoms with van der Waals surface area (Å²) in [6.07, 6.45) is 5.85. The number of hydrogen-bond acceptors (Lipinski definition) is 12. The largest absolute Gasteiger partial charge is 0.493 e. The van der Waals surface area contributed by atoms with Crippen molar-refractivity contribution in [3.8, 4) is 17.2 Å². The maximum Gasteiger partial charge on any atom is 0.305 e. The Balaban J connectivity index is 0.970. The number of nitrogens with zero attached hydrogens (tertiary/aromatic N) is 4. The number of anilines is 1. The molecule has 4 heterocycles. The van der Waals surface area contributed by atoms with Gasteiger partial charge in [-0.2, -0.15) is 0 Å². The van der Waals surface area contributed by atoms with Gasteiger partial charge in [-0.1, -0.05) is 48.5 Å². The van der Waals surface area contributed by atoms with Gasteiger partial charge in [-0.05, 0) is 120 Å². The summed E-state index contributed by atoms with van der Waals surface area (Å²) in [7, 11) is 4.64. The molecule has 9 rings (SSSR count). The van der Waals surface area contributed by atoms with Crippen LogP contribution in [0.2, 0.25) is 0 Å². The molecule has 5 aromatic rings. The molecule has 14 heteroatoms. The van der Waals surface area contributed by atoms with Crippen LogP contribution in [0, 0.1) is 6.92 Å². The molecule has 372 valence electrons. The number of hydrogen-bond donors (Lipinski definition) is 0. The number of carbonyl (C=O) groups is 3. The van der Waals surface area contributed by atoms with Crippen LogP contribution in [0.15, 0.2) is 96.0 Å². The standard InChI is InChI=1S/C57H64N4O10/c1-38-24-50-51(58-33-48-29-42-11-6-8-13-45(42)35-61(48)57(50)64)32-52(38)70-36-39-25-40(27-47(26-39)59(17-9-14-55(62)67-4)18-19-68-22-23-69-21-20-65-2)37-71-54-30-43-15-16-46-28-41-10-5-7-12-44(41)34-60(46)56(63)49(43)31-53(54)66-3/h5-8,10-13,24-27,30-33,46,48H,9,14-23,28-29,34-37H2,1-4H3/t46-,48+/m1/s1. The summed E-state index contributed by atoms with van der Waals surface area (Å²) in [6, 6.07) is 30.5. The fourth-order valence-corrected chi connectivity index (χ4v) is 10.1. The number of rotatable bonds is 21. The van der Waals surface area contributed by atoms with E-state index in [-0.39, 0.29) is 49.5 Å². The number of aliphatic imine (C=N–C) groups is 1. The second-order valence-electron chi connectivity index (χ2n) is 18.6. The number of carbonyl (C=O) groups excluding carboxylic acids is 3. The van der Waals surface area contributed by atoms with Crippen LogP contribution in [0.5, 0.6) is 17.2 Å². The van der Waals surface area contributed by atoms with E-state index < -0.39 is 0 Å². The van der Waals surface area contributed by atoms with Crippen molar-refractivity contribution in [2.24, 2.45) is 4.99 Å². The highest BCUT2D eigenvalue weighted by Gasteiger charge is 2.35. The number of esters is 1. The molecule has 0 aromatic heterocycles. The third-order valence-corrected chi connectivity index (χ3v) is 14.0. The predicted molar refractivity (Wildman–Crippen MR) is 270 cm³/mol. The third kappa shape index (κ3) is 11.6. The van der Waals surface area contributed by atoms with Gasteiger partial charge in [0.25, 0.3) is 11.8 Å². The van der Waals surface area contributed by atoms with E-state index in [0.717, 1.165) is 52.8 Å². The lowest BCUT2D eigenvalue weighted by Crippen LogP contribution is -2.44. The summed E-state index contributed by atoms with van der Waals surface area (Å²) in [4.78, 5) is 51.5. The Hall–Kier alpha value is -6.74. The normalized spacial score (nSPS) is 16.6. The zero-order chi connectivity index (χ0) is 49.3. The van der Waals surface area contributed by atoms with Gasteiger partial charge in [0.1, 0.15) is 19.0 Å². The highest BCUT2D eigenvalue weighted by atomic mass is 16.5. The van der Waals surface area contributed by atoms with Crippen LogP contribution in [-0.2, 0) is 69.3 Å². The summed E-state index contributed by atoms with van der Waals surface area (Å²) < 4.78 is 40.9. The fourth-order valence-electron chi connectivity index (χ4n) is 10.1. The van der Waals surface area contributed by atoms with Crippen molar-refractivity contribution in [3.05, 3.63) is 147 Å². The molecule has 0 spiro atoms. The lowest BCUT2D eigenvalue weighted by molar-refractivity contribution is -0.140. The van der Waals surface area contributed by atoms with Gasteiger partial charge in [-0.3, -0.25) is 19.4 Å². The van der Waals surface area contributed by atoms with Crippen molar-refractivity contribution < 1.29 is 47.5 Å². The van der Waals surface area contributed by atoms with Gasteiger partial charge in [-0.25, -0.2) is 0 Å². The predicted octanol–water partition coefficient (Wildman–Crippen LogP) is 8.40. The monoisotopic (exact) mass is 964 g/mol. The minimum atomic E-state index is -0.272. The Bertz CT molecular complexity index is 2760. The van der Waals surface area contributed by atoms with Crippen LogP contribution in [0.25, 0.3) is 0 Å². The van der Waals surface area contributed by atoms with Crippen molar-refractivity contribution in [1.82, 2.24) is 9.80 Å². The Morgan fingerprint density at radius 1 is 0.676 bits per heavy atom. The second-order valence-corrected chi connectivity index (χ2v) is 18.6. The number of benzene rings is 5. The number of amides is 2. The van der Waals surface area contributed by atoms with Crippen LogP contribution in [-0.4, -0.2) is 113 Å². The Kier molecular flexibility index (Phi) is 16.0. The van der Waals surface area contributed by atoms with Crippen LogP contribution in [0.3, 0.4) is 0 Å². The van der Waals surface area contributed by atoms with E-state index in [1.165, 1.54) is 23.8 Å². The molecule has 2 atom stereocenters. The summed E-state index contributed by atoms with van der Waals surface area (Å²) in [5.41, 5.74) is 11.1. The molecule has 0 saturated carbocycles. The van der Waals surface area contributed by atoms with E-state index in [9.17, 15) is 14.4 Å². The van der Waals surface area contributed by atoms with E-state index >= 15 is 0 Å². The molecule has 4 aliphatic rings. The van der Waals surface area contributed by atoms with Gasteiger partial charge in [0.2, 0.25) is 0 Å². The summed E-state index contributed by atoms with van der Waals surface area (Å²) in [6.45, 7) is 6.88. The van der Waals surface area contributed by atoms with E-state index in [1.54, 1.807) is 14.2 Å².